The molecular weight excluding hydrogens is 400 g/mol. The van der Waals surface area contributed by atoms with E-state index in [4.69, 9.17) is 22.4 Å². The summed E-state index contributed by atoms with van der Waals surface area (Å²) in [5.41, 5.74) is 20.9. The number of anilines is 1. The predicted molar refractivity (Wildman–Crippen MR) is 117 cm³/mol. The molecule has 0 aliphatic rings. The summed E-state index contributed by atoms with van der Waals surface area (Å²) >= 11 is 0. The Morgan fingerprint density at radius 2 is 1.48 bits per heavy atom. The number of nitrogens with two attached hydrogens (primary N) is 3. The highest BCUT2D eigenvalue weighted by Crippen LogP contribution is 2.22. The number of hydroxylamine groups is 1. The molecule has 0 spiro atoms. The van der Waals surface area contributed by atoms with Crippen LogP contribution >= 0.6 is 0 Å². The second-order valence-electron chi connectivity index (χ2n) is 6.92. The molecule has 0 fully saturated rings. The minimum Gasteiger partial charge on any atom is -0.339 e. The van der Waals surface area contributed by atoms with Gasteiger partial charge in [0.15, 0.2) is 0 Å². The average molecular weight is 428 g/mol. The van der Waals surface area contributed by atoms with E-state index in [0.717, 1.165) is 11.1 Å². The van der Waals surface area contributed by atoms with Gasteiger partial charge in [-0.25, -0.2) is 5.48 Å². The van der Waals surface area contributed by atoms with Crippen LogP contribution in [-0.4, -0.2) is 48.1 Å². The minimum absolute atomic E-state index is 0.156. The Labute approximate surface area is 180 Å². The van der Waals surface area contributed by atoms with Crippen molar-refractivity contribution in [1.29, 1.82) is 0 Å². The summed E-state index contributed by atoms with van der Waals surface area (Å²) in [6, 6.07) is 12.3. The lowest BCUT2D eigenvalue weighted by Gasteiger charge is -2.14. The van der Waals surface area contributed by atoms with Crippen LogP contribution in [0.2, 0.25) is 0 Å². The van der Waals surface area contributed by atoms with Crippen molar-refractivity contribution >= 4 is 23.4 Å². The van der Waals surface area contributed by atoms with Crippen molar-refractivity contribution in [2.75, 3.05) is 18.4 Å². The SMILES string of the molecule is NCCCC(N)C(=O)Nc1ccc(-c2ccc(C(=O)N[C@@H](CN)C(=O)NO)cc2)cc1. The maximum absolute atomic E-state index is 12.3. The van der Waals surface area contributed by atoms with E-state index in [2.05, 4.69) is 10.6 Å². The molecule has 10 nitrogen and oxygen atoms in total. The summed E-state index contributed by atoms with van der Waals surface area (Å²) in [5, 5.41) is 13.9. The van der Waals surface area contributed by atoms with Crippen molar-refractivity contribution in [3.05, 3.63) is 54.1 Å². The van der Waals surface area contributed by atoms with E-state index in [1.54, 1.807) is 36.4 Å². The van der Waals surface area contributed by atoms with E-state index in [9.17, 15) is 14.4 Å². The molecule has 166 valence electrons. The van der Waals surface area contributed by atoms with Crippen molar-refractivity contribution < 1.29 is 19.6 Å². The molecule has 2 rings (SSSR count). The standard InChI is InChI=1S/C21H28N6O4/c22-11-1-2-17(24)20(29)25-16-9-7-14(8-10-16)13-3-5-15(6-4-13)19(28)26-18(12-23)21(30)27-31/h3-10,17-18,31H,1-2,11-12,22-24H2,(H,25,29)(H,26,28)(H,27,30)/t17?,18-/m0/s1. The van der Waals surface area contributed by atoms with Gasteiger partial charge in [0, 0.05) is 17.8 Å². The quantitative estimate of drug-likeness (QED) is 0.204. The molecular formula is C21H28N6O4. The van der Waals surface area contributed by atoms with E-state index in [1.807, 2.05) is 12.1 Å². The molecule has 1 unspecified atom stereocenters. The van der Waals surface area contributed by atoms with Crippen LogP contribution < -0.4 is 33.3 Å². The van der Waals surface area contributed by atoms with Crippen LogP contribution in [0, 0.1) is 0 Å². The first-order chi connectivity index (χ1) is 14.9. The summed E-state index contributed by atoms with van der Waals surface area (Å²) in [5.74, 6) is -1.54. The number of nitrogens with one attached hydrogen (secondary N) is 3. The van der Waals surface area contributed by atoms with E-state index >= 15 is 0 Å². The molecule has 31 heavy (non-hydrogen) atoms. The summed E-state index contributed by atoms with van der Waals surface area (Å²) in [6.45, 7) is 0.332. The fraction of sp³-hybridized carbons (Fsp3) is 0.286. The second-order valence-corrected chi connectivity index (χ2v) is 6.92. The molecule has 0 aliphatic carbocycles. The van der Waals surface area contributed by atoms with Gasteiger partial charge in [-0.05, 0) is 54.8 Å². The van der Waals surface area contributed by atoms with Gasteiger partial charge in [0.2, 0.25) is 5.91 Å². The van der Waals surface area contributed by atoms with E-state index in [1.165, 1.54) is 5.48 Å². The Bertz CT molecular complexity index is 886. The summed E-state index contributed by atoms with van der Waals surface area (Å²) in [6.07, 6.45) is 1.21. The maximum atomic E-state index is 12.3. The van der Waals surface area contributed by atoms with Gasteiger partial charge in [0.05, 0.1) is 6.04 Å². The molecule has 2 aromatic carbocycles. The molecule has 0 bridgehead atoms. The second kappa shape index (κ2) is 11.8. The molecule has 2 aromatic rings. The first-order valence-electron chi connectivity index (χ1n) is 9.81. The highest BCUT2D eigenvalue weighted by Gasteiger charge is 2.19. The number of benzene rings is 2. The van der Waals surface area contributed by atoms with Gasteiger partial charge in [-0.15, -0.1) is 0 Å². The molecule has 0 aromatic heterocycles. The average Bonchev–Trinajstić information content (AvgIpc) is 2.80. The molecule has 0 saturated heterocycles. The number of hydrogen-bond donors (Lipinski definition) is 7. The maximum Gasteiger partial charge on any atom is 0.267 e. The fourth-order valence-electron chi connectivity index (χ4n) is 2.81. The van der Waals surface area contributed by atoms with Crippen LogP contribution in [0.3, 0.4) is 0 Å². The van der Waals surface area contributed by atoms with E-state index in [-0.39, 0.29) is 12.5 Å². The predicted octanol–water partition coefficient (Wildman–Crippen LogP) is -0.0792. The lowest BCUT2D eigenvalue weighted by molar-refractivity contribution is -0.130. The van der Waals surface area contributed by atoms with Crippen LogP contribution in [0.4, 0.5) is 5.69 Å². The van der Waals surface area contributed by atoms with Crippen LogP contribution in [0.5, 0.6) is 0 Å². The lowest BCUT2D eigenvalue weighted by Crippen LogP contribution is -2.50. The lowest BCUT2D eigenvalue weighted by atomic mass is 10.0. The summed E-state index contributed by atoms with van der Waals surface area (Å²) < 4.78 is 0. The normalized spacial score (nSPS) is 12.5. The highest BCUT2D eigenvalue weighted by molar-refractivity contribution is 5.98. The van der Waals surface area contributed by atoms with Crippen molar-refractivity contribution in [1.82, 2.24) is 10.8 Å². The zero-order valence-corrected chi connectivity index (χ0v) is 17.0. The summed E-state index contributed by atoms with van der Waals surface area (Å²) in [7, 11) is 0. The van der Waals surface area contributed by atoms with E-state index in [0.29, 0.717) is 30.6 Å². The molecule has 10 heteroatoms. The van der Waals surface area contributed by atoms with Gasteiger partial charge in [-0.2, -0.15) is 0 Å². The zero-order valence-electron chi connectivity index (χ0n) is 17.0. The topological polar surface area (TPSA) is 186 Å². The Morgan fingerprint density at radius 3 is 2.00 bits per heavy atom. The monoisotopic (exact) mass is 428 g/mol. The van der Waals surface area contributed by atoms with Gasteiger partial charge in [0.1, 0.15) is 6.04 Å². The number of carbonyl (C=O) groups is 3. The number of carbonyl (C=O) groups excluding carboxylic acids is 3. The Balaban J connectivity index is 2.00. The molecule has 3 amide bonds. The molecule has 0 radical (unpaired) electrons. The Kier molecular flexibility index (Phi) is 9.10. The molecule has 0 aliphatic heterocycles. The van der Waals surface area contributed by atoms with Crippen LogP contribution in [0.1, 0.15) is 23.2 Å². The van der Waals surface area contributed by atoms with Crippen molar-refractivity contribution in [3.63, 3.8) is 0 Å². The summed E-state index contributed by atoms with van der Waals surface area (Å²) in [4.78, 5) is 35.8. The van der Waals surface area contributed by atoms with Gasteiger partial charge < -0.3 is 27.8 Å². The first-order valence-corrected chi connectivity index (χ1v) is 9.81. The highest BCUT2D eigenvalue weighted by atomic mass is 16.5. The Morgan fingerprint density at radius 1 is 0.903 bits per heavy atom. The number of rotatable bonds is 10. The molecule has 10 N–H and O–H groups in total. The van der Waals surface area contributed by atoms with Crippen molar-refractivity contribution in [2.45, 2.75) is 24.9 Å². The fourth-order valence-corrected chi connectivity index (χ4v) is 2.81. The smallest absolute Gasteiger partial charge is 0.267 e. The van der Waals surface area contributed by atoms with Gasteiger partial charge >= 0.3 is 0 Å². The largest absolute Gasteiger partial charge is 0.339 e. The Hall–Kier alpha value is -3.31. The van der Waals surface area contributed by atoms with Crippen molar-refractivity contribution in [3.8, 4) is 11.1 Å². The van der Waals surface area contributed by atoms with Crippen LogP contribution in [0.25, 0.3) is 11.1 Å². The minimum atomic E-state index is -1.04. The number of amides is 3. The first kappa shape index (κ1) is 24.0. The molecule has 0 heterocycles. The van der Waals surface area contributed by atoms with Gasteiger partial charge in [-0.3, -0.25) is 19.6 Å². The molecule has 0 saturated carbocycles. The molecule has 2 atom stereocenters. The third-order valence-corrected chi connectivity index (χ3v) is 4.66. The van der Waals surface area contributed by atoms with Gasteiger partial charge in [-0.1, -0.05) is 24.3 Å². The van der Waals surface area contributed by atoms with Gasteiger partial charge in [0.25, 0.3) is 11.8 Å². The number of hydrogen-bond acceptors (Lipinski definition) is 7. The zero-order chi connectivity index (χ0) is 22.8. The van der Waals surface area contributed by atoms with Crippen LogP contribution in [0.15, 0.2) is 48.5 Å². The van der Waals surface area contributed by atoms with E-state index < -0.39 is 23.9 Å². The van der Waals surface area contributed by atoms with Crippen LogP contribution in [-0.2, 0) is 9.59 Å². The third kappa shape index (κ3) is 6.86. The van der Waals surface area contributed by atoms with Crippen molar-refractivity contribution in [2.24, 2.45) is 17.2 Å². The third-order valence-electron chi connectivity index (χ3n) is 4.66.